The van der Waals surface area contributed by atoms with Crippen LogP contribution in [0.4, 0.5) is 5.13 Å². The van der Waals surface area contributed by atoms with Crippen molar-refractivity contribution in [1.82, 2.24) is 14.7 Å². The predicted molar refractivity (Wildman–Crippen MR) is 71.4 cm³/mol. The molecule has 0 atom stereocenters. The van der Waals surface area contributed by atoms with Crippen LogP contribution in [0.15, 0.2) is 30.3 Å². The number of benzene rings is 1. The summed E-state index contributed by atoms with van der Waals surface area (Å²) in [6.07, 6.45) is 0. The van der Waals surface area contributed by atoms with Crippen molar-refractivity contribution in [1.29, 1.82) is 0 Å². The average molecular weight is 262 g/mol. The summed E-state index contributed by atoms with van der Waals surface area (Å²) in [6.45, 7) is 2.56. The van der Waals surface area contributed by atoms with Gasteiger partial charge in [-0.05, 0) is 12.5 Å². The van der Waals surface area contributed by atoms with Crippen LogP contribution in [0.1, 0.15) is 11.4 Å². The van der Waals surface area contributed by atoms with E-state index in [1.807, 2.05) is 37.3 Å². The number of nitrogens with one attached hydrogen (secondary N) is 2. The molecule has 0 aliphatic rings. The summed E-state index contributed by atoms with van der Waals surface area (Å²) in [7, 11) is 0. The Morgan fingerprint density at radius 1 is 1.33 bits per heavy atom. The average Bonchev–Trinajstić information content (AvgIpc) is 2.81. The molecule has 0 spiro atoms. The van der Waals surface area contributed by atoms with Gasteiger partial charge in [-0.25, -0.2) is 4.98 Å². The van der Waals surface area contributed by atoms with Crippen molar-refractivity contribution in [3.05, 3.63) is 41.7 Å². The largest absolute Gasteiger partial charge is 0.351 e. The number of carbonyl (C=O) groups excluding carboxylic acids is 1. The molecule has 0 saturated heterocycles. The lowest BCUT2D eigenvalue weighted by Crippen LogP contribution is -2.29. The third-order valence-electron chi connectivity index (χ3n) is 2.26. The Morgan fingerprint density at radius 3 is 2.78 bits per heavy atom. The lowest BCUT2D eigenvalue weighted by atomic mass is 10.2. The normalized spacial score (nSPS) is 10.1. The highest BCUT2D eigenvalue weighted by atomic mass is 32.1. The van der Waals surface area contributed by atoms with Crippen molar-refractivity contribution in [2.45, 2.75) is 13.5 Å². The third-order valence-corrected chi connectivity index (χ3v) is 3.02. The second-order valence-corrected chi connectivity index (χ2v) is 4.51. The standard InChI is InChI=1S/C12H14N4OS/c1-9-15-12(18-16-9)14-8-11(17)13-7-10-5-3-2-4-6-10/h2-6H,7-8H2,1H3,(H,13,17)(H,14,15,16). The fourth-order valence-electron chi connectivity index (χ4n) is 1.38. The number of rotatable bonds is 5. The minimum absolute atomic E-state index is 0.0632. The van der Waals surface area contributed by atoms with E-state index in [1.165, 1.54) is 11.5 Å². The van der Waals surface area contributed by atoms with Gasteiger partial charge in [0.05, 0.1) is 6.54 Å². The molecule has 0 aliphatic carbocycles. The van der Waals surface area contributed by atoms with Gasteiger partial charge in [0.15, 0.2) is 0 Å². The van der Waals surface area contributed by atoms with Gasteiger partial charge in [0.25, 0.3) is 0 Å². The number of aromatic nitrogens is 2. The summed E-state index contributed by atoms with van der Waals surface area (Å²) in [4.78, 5) is 15.7. The van der Waals surface area contributed by atoms with Crippen molar-refractivity contribution in [3.8, 4) is 0 Å². The van der Waals surface area contributed by atoms with Crippen molar-refractivity contribution < 1.29 is 4.79 Å². The molecule has 18 heavy (non-hydrogen) atoms. The van der Waals surface area contributed by atoms with Gasteiger partial charge in [-0.15, -0.1) is 0 Å². The zero-order valence-corrected chi connectivity index (χ0v) is 10.8. The van der Waals surface area contributed by atoms with Gasteiger partial charge in [0.2, 0.25) is 11.0 Å². The van der Waals surface area contributed by atoms with Crippen molar-refractivity contribution in [2.75, 3.05) is 11.9 Å². The Labute approximate surface area is 109 Å². The molecular weight excluding hydrogens is 248 g/mol. The van der Waals surface area contributed by atoms with Crippen LogP contribution >= 0.6 is 11.5 Å². The first kappa shape index (κ1) is 12.5. The second-order valence-electron chi connectivity index (χ2n) is 3.76. The van der Waals surface area contributed by atoms with Crippen LogP contribution in [0.5, 0.6) is 0 Å². The SMILES string of the molecule is Cc1nsc(NCC(=O)NCc2ccccc2)n1. The van der Waals surface area contributed by atoms with Crippen LogP contribution < -0.4 is 10.6 Å². The number of amides is 1. The van der Waals surface area contributed by atoms with E-state index in [-0.39, 0.29) is 12.5 Å². The Bertz CT molecular complexity index is 512. The molecule has 0 unspecified atom stereocenters. The van der Waals surface area contributed by atoms with Gasteiger partial charge in [-0.3, -0.25) is 4.79 Å². The van der Waals surface area contributed by atoms with E-state index >= 15 is 0 Å². The number of hydrogen-bond acceptors (Lipinski definition) is 5. The first-order valence-electron chi connectivity index (χ1n) is 5.59. The topological polar surface area (TPSA) is 66.9 Å². The summed E-state index contributed by atoms with van der Waals surface area (Å²) in [5, 5.41) is 6.43. The van der Waals surface area contributed by atoms with Crippen LogP contribution in [-0.2, 0) is 11.3 Å². The van der Waals surface area contributed by atoms with Crippen LogP contribution in [0.3, 0.4) is 0 Å². The molecule has 0 fully saturated rings. The molecule has 0 bridgehead atoms. The third kappa shape index (κ3) is 3.81. The monoisotopic (exact) mass is 262 g/mol. The molecule has 0 aliphatic heterocycles. The van der Waals surface area contributed by atoms with Gasteiger partial charge >= 0.3 is 0 Å². The van der Waals surface area contributed by atoms with E-state index in [4.69, 9.17) is 0 Å². The summed E-state index contributed by atoms with van der Waals surface area (Å²) in [5.74, 6) is 0.652. The van der Waals surface area contributed by atoms with E-state index in [0.717, 1.165) is 5.56 Å². The maximum absolute atomic E-state index is 11.6. The predicted octanol–water partition coefficient (Wildman–Crippen LogP) is 1.57. The maximum Gasteiger partial charge on any atom is 0.239 e. The number of anilines is 1. The number of hydrogen-bond donors (Lipinski definition) is 2. The van der Waals surface area contributed by atoms with Gasteiger partial charge in [0.1, 0.15) is 5.82 Å². The lowest BCUT2D eigenvalue weighted by molar-refractivity contribution is -0.119. The second kappa shape index (κ2) is 6.11. The molecule has 2 rings (SSSR count). The van der Waals surface area contributed by atoms with Crippen molar-refractivity contribution in [2.24, 2.45) is 0 Å². The zero-order chi connectivity index (χ0) is 12.8. The molecule has 0 radical (unpaired) electrons. The van der Waals surface area contributed by atoms with E-state index < -0.39 is 0 Å². The van der Waals surface area contributed by atoms with Crippen LogP contribution in [0, 0.1) is 6.92 Å². The van der Waals surface area contributed by atoms with E-state index in [1.54, 1.807) is 0 Å². The molecule has 2 N–H and O–H groups in total. The van der Waals surface area contributed by atoms with E-state index in [2.05, 4.69) is 20.0 Å². The van der Waals surface area contributed by atoms with E-state index in [0.29, 0.717) is 17.5 Å². The first-order valence-corrected chi connectivity index (χ1v) is 6.36. The molecule has 0 saturated carbocycles. The molecular formula is C12H14N4OS. The van der Waals surface area contributed by atoms with Gasteiger partial charge in [-0.2, -0.15) is 4.37 Å². The van der Waals surface area contributed by atoms with Gasteiger partial charge in [0, 0.05) is 18.1 Å². The van der Waals surface area contributed by atoms with Crippen molar-refractivity contribution in [3.63, 3.8) is 0 Å². The summed E-state index contributed by atoms with van der Waals surface area (Å²) in [6, 6.07) is 9.79. The highest BCUT2D eigenvalue weighted by molar-refractivity contribution is 7.09. The fraction of sp³-hybridized carbons (Fsp3) is 0.250. The highest BCUT2D eigenvalue weighted by Crippen LogP contribution is 2.08. The molecule has 1 amide bonds. The minimum Gasteiger partial charge on any atom is -0.351 e. The smallest absolute Gasteiger partial charge is 0.239 e. The molecule has 5 nitrogen and oxygen atoms in total. The number of nitrogens with zero attached hydrogens (tertiary/aromatic N) is 2. The zero-order valence-electron chi connectivity index (χ0n) is 10.0. The number of carbonyl (C=O) groups is 1. The Balaban J connectivity index is 1.73. The Morgan fingerprint density at radius 2 is 2.11 bits per heavy atom. The maximum atomic E-state index is 11.6. The molecule has 1 heterocycles. The Hall–Kier alpha value is -1.95. The first-order chi connectivity index (χ1) is 8.74. The highest BCUT2D eigenvalue weighted by Gasteiger charge is 2.03. The van der Waals surface area contributed by atoms with Gasteiger partial charge < -0.3 is 10.6 Å². The minimum atomic E-state index is -0.0632. The van der Waals surface area contributed by atoms with Gasteiger partial charge in [-0.1, -0.05) is 30.3 Å². The molecule has 1 aromatic heterocycles. The summed E-state index contributed by atoms with van der Waals surface area (Å²) < 4.78 is 4.02. The number of aryl methyl sites for hydroxylation is 1. The van der Waals surface area contributed by atoms with Crippen LogP contribution in [0.25, 0.3) is 0 Å². The molecule has 1 aromatic carbocycles. The summed E-state index contributed by atoms with van der Waals surface area (Å²) >= 11 is 1.25. The molecule has 6 heteroatoms. The summed E-state index contributed by atoms with van der Waals surface area (Å²) in [5.41, 5.74) is 1.08. The van der Waals surface area contributed by atoms with E-state index in [9.17, 15) is 4.79 Å². The molecule has 2 aromatic rings. The van der Waals surface area contributed by atoms with Crippen LogP contribution in [0.2, 0.25) is 0 Å². The van der Waals surface area contributed by atoms with Crippen molar-refractivity contribution >= 4 is 22.6 Å². The van der Waals surface area contributed by atoms with Crippen LogP contribution in [-0.4, -0.2) is 21.8 Å². The quantitative estimate of drug-likeness (QED) is 0.858. The fourth-order valence-corrected chi connectivity index (χ4v) is 1.95. The Kier molecular flexibility index (Phi) is 4.25. The molecule has 94 valence electrons. The lowest BCUT2D eigenvalue weighted by Gasteiger charge is -2.05.